The quantitative estimate of drug-likeness (QED) is 0.393. The van der Waals surface area contributed by atoms with Crippen molar-refractivity contribution in [2.75, 3.05) is 13.6 Å². The van der Waals surface area contributed by atoms with Gasteiger partial charge in [-0.3, -0.25) is 5.10 Å². The summed E-state index contributed by atoms with van der Waals surface area (Å²) in [5.41, 5.74) is 2.22. The predicted octanol–water partition coefficient (Wildman–Crippen LogP) is 2.73. The number of rotatable bonds is 5. The fraction of sp³-hybridized carbons (Fsp3) is 0.429. The molecule has 122 valence electrons. The van der Waals surface area contributed by atoms with Crippen LogP contribution in [0.1, 0.15) is 18.3 Å². The largest absolute Gasteiger partial charge is 0.357 e. The summed E-state index contributed by atoms with van der Waals surface area (Å²) >= 11 is 3.50. The van der Waals surface area contributed by atoms with Gasteiger partial charge in [0.2, 0.25) is 0 Å². The summed E-state index contributed by atoms with van der Waals surface area (Å²) < 4.78 is 3.20. The Hall–Kier alpha value is -1.03. The van der Waals surface area contributed by atoms with E-state index in [1.54, 1.807) is 6.20 Å². The van der Waals surface area contributed by atoms with Crippen molar-refractivity contribution in [2.45, 2.75) is 20.0 Å². The van der Waals surface area contributed by atoms with Crippen LogP contribution < -0.4 is 5.32 Å². The van der Waals surface area contributed by atoms with Gasteiger partial charge < -0.3 is 14.8 Å². The van der Waals surface area contributed by atoms with Crippen molar-refractivity contribution in [1.29, 1.82) is 0 Å². The van der Waals surface area contributed by atoms with Crippen LogP contribution in [0.5, 0.6) is 0 Å². The SMILES string of the molecule is CCNC(=NCc1ccn[nH]1)N(C)Cc1cc(Br)cn1C.I. The maximum Gasteiger partial charge on any atom is 0.194 e. The molecule has 0 aromatic carbocycles. The minimum atomic E-state index is 0. The fourth-order valence-corrected chi connectivity index (χ4v) is 2.62. The molecule has 0 saturated heterocycles. The smallest absolute Gasteiger partial charge is 0.194 e. The Labute approximate surface area is 156 Å². The number of nitrogens with zero attached hydrogens (tertiary/aromatic N) is 4. The van der Waals surface area contributed by atoms with E-state index in [2.05, 4.69) is 65.1 Å². The zero-order valence-electron chi connectivity index (χ0n) is 13.0. The van der Waals surface area contributed by atoms with Gasteiger partial charge in [0, 0.05) is 43.2 Å². The third-order valence-electron chi connectivity index (χ3n) is 3.13. The van der Waals surface area contributed by atoms with Gasteiger partial charge >= 0.3 is 0 Å². The standard InChI is InChI=1S/C14H21BrN6.HI/c1-4-16-14(17-8-12-5-6-18-19-12)21(3)10-13-7-11(15)9-20(13)2;/h5-7,9H,4,8,10H2,1-3H3,(H,16,17)(H,18,19);1H. The van der Waals surface area contributed by atoms with Crippen LogP contribution in [0.2, 0.25) is 0 Å². The lowest BCUT2D eigenvalue weighted by Crippen LogP contribution is -2.38. The number of aromatic amines is 1. The van der Waals surface area contributed by atoms with Crippen LogP contribution in [0.4, 0.5) is 0 Å². The molecule has 2 rings (SSSR count). The first-order valence-corrected chi connectivity index (χ1v) is 7.68. The van der Waals surface area contributed by atoms with Crippen molar-refractivity contribution >= 4 is 45.9 Å². The van der Waals surface area contributed by atoms with Crippen LogP contribution in [0.3, 0.4) is 0 Å². The molecule has 0 atom stereocenters. The summed E-state index contributed by atoms with van der Waals surface area (Å²) in [4.78, 5) is 6.74. The first kappa shape index (κ1) is 19.0. The molecule has 0 spiro atoms. The lowest BCUT2D eigenvalue weighted by Gasteiger charge is -2.22. The van der Waals surface area contributed by atoms with Gasteiger partial charge in [-0.05, 0) is 35.0 Å². The molecule has 2 aromatic rings. The second-order valence-electron chi connectivity index (χ2n) is 4.87. The number of nitrogens with one attached hydrogen (secondary N) is 2. The molecule has 6 nitrogen and oxygen atoms in total. The molecule has 2 heterocycles. The third kappa shape index (κ3) is 5.31. The number of guanidine groups is 1. The summed E-state index contributed by atoms with van der Waals surface area (Å²) in [6, 6.07) is 4.05. The van der Waals surface area contributed by atoms with Crippen LogP contribution in [-0.4, -0.2) is 39.2 Å². The van der Waals surface area contributed by atoms with Gasteiger partial charge in [0.05, 0.1) is 18.8 Å². The third-order valence-corrected chi connectivity index (χ3v) is 3.56. The van der Waals surface area contributed by atoms with Crippen LogP contribution in [0.15, 0.2) is 34.0 Å². The summed E-state index contributed by atoms with van der Waals surface area (Å²) in [6.45, 7) is 4.28. The van der Waals surface area contributed by atoms with E-state index >= 15 is 0 Å². The Kier molecular flexibility index (Phi) is 7.94. The van der Waals surface area contributed by atoms with Crippen molar-refractivity contribution in [1.82, 2.24) is 25.0 Å². The summed E-state index contributed by atoms with van der Waals surface area (Å²) in [6.07, 6.45) is 3.79. The van der Waals surface area contributed by atoms with Crippen molar-refractivity contribution in [3.8, 4) is 0 Å². The van der Waals surface area contributed by atoms with Crippen LogP contribution in [0.25, 0.3) is 0 Å². The first-order valence-electron chi connectivity index (χ1n) is 6.88. The van der Waals surface area contributed by atoms with Crippen LogP contribution >= 0.6 is 39.9 Å². The van der Waals surface area contributed by atoms with Gasteiger partial charge in [0.25, 0.3) is 0 Å². The Morgan fingerprint density at radius 1 is 1.55 bits per heavy atom. The number of aliphatic imine (C=N–C) groups is 1. The highest BCUT2D eigenvalue weighted by Gasteiger charge is 2.09. The van der Waals surface area contributed by atoms with Crippen LogP contribution in [-0.2, 0) is 20.1 Å². The second-order valence-corrected chi connectivity index (χ2v) is 5.78. The fourth-order valence-electron chi connectivity index (χ4n) is 2.04. The Morgan fingerprint density at radius 2 is 2.32 bits per heavy atom. The maximum absolute atomic E-state index is 4.63. The van der Waals surface area contributed by atoms with E-state index in [1.807, 2.05) is 20.2 Å². The molecule has 0 amide bonds. The van der Waals surface area contributed by atoms with E-state index < -0.39 is 0 Å². The average Bonchev–Trinajstić information content (AvgIpc) is 3.05. The molecule has 2 N–H and O–H groups in total. The van der Waals surface area contributed by atoms with E-state index in [4.69, 9.17) is 0 Å². The molecule has 2 aromatic heterocycles. The molecule has 8 heteroatoms. The summed E-state index contributed by atoms with van der Waals surface area (Å²) in [7, 11) is 4.08. The Morgan fingerprint density at radius 3 is 2.86 bits per heavy atom. The highest BCUT2D eigenvalue weighted by Crippen LogP contribution is 2.15. The van der Waals surface area contributed by atoms with E-state index in [9.17, 15) is 0 Å². The number of aryl methyl sites for hydroxylation is 1. The zero-order chi connectivity index (χ0) is 15.2. The molecule has 0 aliphatic carbocycles. The molecule has 0 aliphatic heterocycles. The normalized spacial score (nSPS) is 11.2. The average molecular weight is 481 g/mol. The van der Waals surface area contributed by atoms with E-state index in [0.29, 0.717) is 6.54 Å². The maximum atomic E-state index is 4.63. The number of hydrogen-bond donors (Lipinski definition) is 2. The van der Waals surface area contributed by atoms with Gasteiger partial charge in [0.15, 0.2) is 5.96 Å². The van der Waals surface area contributed by atoms with E-state index in [-0.39, 0.29) is 24.0 Å². The number of halogens is 2. The molecular formula is C14H22BrIN6. The van der Waals surface area contributed by atoms with E-state index in [0.717, 1.165) is 29.2 Å². The molecule has 0 unspecified atom stereocenters. The first-order chi connectivity index (χ1) is 10.1. The highest BCUT2D eigenvalue weighted by molar-refractivity contribution is 14.0. The molecule has 0 saturated carbocycles. The van der Waals surface area contributed by atoms with Gasteiger partial charge in [-0.25, -0.2) is 4.99 Å². The van der Waals surface area contributed by atoms with Crippen molar-refractivity contribution in [3.63, 3.8) is 0 Å². The topological polar surface area (TPSA) is 61.2 Å². The van der Waals surface area contributed by atoms with Crippen molar-refractivity contribution in [2.24, 2.45) is 12.0 Å². The van der Waals surface area contributed by atoms with Gasteiger partial charge in [-0.15, -0.1) is 24.0 Å². The molecule has 0 bridgehead atoms. The molecule has 0 fully saturated rings. The zero-order valence-corrected chi connectivity index (χ0v) is 16.9. The Balaban J connectivity index is 0.00000242. The highest BCUT2D eigenvalue weighted by atomic mass is 127. The monoisotopic (exact) mass is 480 g/mol. The number of aromatic nitrogens is 3. The predicted molar refractivity (Wildman–Crippen MR) is 103 cm³/mol. The minimum absolute atomic E-state index is 0. The van der Waals surface area contributed by atoms with Crippen molar-refractivity contribution < 1.29 is 0 Å². The van der Waals surface area contributed by atoms with Gasteiger partial charge in [-0.1, -0.05) is 0 Å². The minimum Gasteiger partial charge on any atom is -0.357 e. The Bertz CT molecular complexity index is 593. The second kappa shape index (κ2) is 9.19. The summed E-state index contributed by atoms with van der Waals surface area (Å²) in [5, 5.41) is 10.2. The van der Waals surface area contributed by atoms with E-state index in [1.165, 1.54) is 5.69 Å². The molecule has 0 radical (unpaired) electrons. The molecule has 0 aliphatic rings. The van der Waals surface area contributed by atoms with Crippen LogP contribution in [0, 0.1) is 0 Å². The lowest BCUT2D eigenvalue weighted by atomic mass is 10.4. The van der Waals surface area contributed by atoms with Crippen molar-refractivity contribution in [3.05, 3.63) is 40.4 Å². The summed E-state index contributed by atoms with van der Waals surface area (Å²) in [5.74, 6) is 0.879. The lowest BCUT2D eigenvalue weighted by molar-refractivity contribution is 0.461. The molecule has 22 heavy (non-hydrogen) atoms. The van der Waals surface area contributed by atoms with Gasteiger partial charge in [0.1, 0.15) is 0 Å². The number of hydrogen-bond acceptors (Lipinski definition) is 2. The van der Waals surface area contributed by atoms with Gasteiger partial charge in [-0.2, -0.15) is 5.10 Å². The molecular weight excluding hydrogens is 459 g/mol. The number of H-pyrrole nitrogens is 1.